The van der Waals surface area contributed by atoms with E-state index in [1.54, 1.807) is 11.0 Å². The second-order valence-electron chi connectivity index (χ2n) is 8.42. The van der Waals surface area contributed by atoms with E-state index in [0.717, 1.165) is 30.5 Å². The molecule has 1 amide bonds. The van der Waals surface area contributed by atoms with Crippen LogP contribution in [-0.2, 0) is 4.79 Å². The van der Waals surface area contributed by atoms with Crippen LogP contribution >= 0.6 is 0 Å². The van der Waals surface area contributed by atoms with E-state index in [9.17, 15) is 14.7 Å². The predicted molar refractivity (Wildman–Crippen MR) is 114 cm³/mol. The van der Waals surface area contributed by atoms with Gasteiger partial charge in [-0.25, -0.2) is 19.3 Å². The van der Waals surface area contributed by atoms with E-state index in [2.05, 4.69) is 22.1 Å². The van der Waals surface area contributed by atoms with Gasteiger partial charge < -0.3 is 20.2 Å². The molecule has 2 aromatic heterocycles. The summed E-state index contributed by atoms with van der Waals surface area (Å²) in [6.07, 6.45) is 2.03. The lowest BCUT2D eigenvalue weighted by atomic mass is 9.92. The van der Waals surface area contributed by atoms with Crippen molar-refractivity contribution < 1.29 is 14.7 Å². The normalized spacial score (nSPS) is 23.6. The number of fused-ring (bicyclic) bond motifs is 1. The van der Waals surface area contributed by atoms with Gasteiger partial charge in [-0.3, -0.25) is 4.79 Å². The molecule has 4 heterocycles. The molecule has 0 aromatic carbocycles. The van der Waals surface area contributed by atoms with E-state index in [-0.39, 0.29) is 24.3 Å². The molecular weight excluding hydrogens is 398 g/mol. The minimum absolute atomic E-state index is 0.00257. The molecule has 31 heavy (non-hydrogen) atoms. The lowest BCUT2D eigenvalue weighted by Gasteiger charge is -2.42. The lowest BCUT2D eigenvalue weighted by Crippen LogP contribution is -2.52. The van der Waals surface area contributed by atoms with Gasteiger partial charge in [-0.15, -0.1) is 0 Å². The molecule has 2 aliphatic heterocycles. The average Bonchev–Trinajstić information content (AvgIpc) is 3.43. The Morgan fingerprint density at radius 2 is 2.19 bits per heavy atom. The standard InChI is InChI=1S/C21H27N7O3/c1-13-5-9-27(17(29)3-7-22)12-16(13)26(2)19-15-6-10-28(21(30)31)20(15)25-18(24-19)14-4-8-23-11-14/h6,10,13-14,16,23H,3-5,8-9,11-12H2,1-2H3,(H,30,31)/t13-,14?,16+/m1/s1. The molecule has 4 rings (SSSR count). The van der Waals surface area contributed by atoms with Gasteiger partial charge in [0.15, 0.2) is 5.65 Å². The maximum absolute atomic E-state index is 12.3. The van der Waals surface area contributed by atoms with Crippen LogP contribution in [0, 0.1) is 17.2 Å². The Morgan fingerprint density at radius 3 is 2.87 bits per heavy atom. The number of carbonyl (C=O) groups is 2. The number of nitriles is 1. The molecule has 3 atom stereocenters. The zero-order valence-electron chi connectivity index (χ0n) is 17.8. The molecule has 0 bridgehead atoms. The fourth-order valence-electron chi connectivity index (χ4n) is 4.61. The van der Waals surface area contributed by atoms with Crippen molar-refractivity contribution in [1.29, 1.82) is 5.26 Å². The Morgan fingerprint density at radius 1 is 1.39 bits per heavy atom. The monoisotopic (exact) mass is 425 g/mol. The molecule has 10 heteroatoms. The first-order chi connectivity index (χ1) is 14.9. The Hall–Kier alpha value is -3.19. The molecule has 2 saturated heterocycles. The van der Waals surface area contributed by atoms with Crippen molar-refractivity contribution in [3.05, 3.63) is 18.1 Å². The number of rotatable bonds is 4. The van der Waals surface area contributed by atoms with Crippen molar-refractivity contribution in [1.82, 2.24) is 24.8 Å². The van der Waals surface area contributed by atoms with Gasteiger partial charge in [-0.05, 0) is 31.4 Å². The van der Waals surface area contributed by atoms with Crippen molar-refractivity contribution in [3.63, 3.8) is 0 Å². The summed E-state index contributed by atoms with van der Waals surface area (Å²) >= 11 is 0. The van der Waals surface area contributed by atoms with Crippen LogP contribution in [0.4, 0.5) is 10.6 Å². The number of piperidine rings is 1. The molecule has 2 aliphatic rings. The highest BCUT2D eigenvalue weighted by atomic mass is 16.4. The summed E-state index contributed by atoms with van der Waals surface area (Å²) in [6, 6.07) is 3.67. The maximum atomic E-state index is 12.3. The van der Waals surface area contributed by atoms with Gasteiger partial charge >= 0.3 is 6.09 Å². The lowest BCUT2D eigenvalue weighted by molar-refractivity contribution is -0.131. The predicted octanol–water partition coefficient (Wildman–Crippen LogP) is 1.62. The molecule has 2 aromatic rings. The van der Waals surface area contributed by atoms with Crippen LogP contribution in [0.2, 0.25) is 0 Å². The van der Waals surface area contributed by atoms with Crippen LogP contribution in [0.15, 0.2) is 12.3 Å². The third-order valence-corrected chi connectivity index (χ3v) is 6.51. The Bertz CT molecular complexity index is 1040. The van der Waals surface area contributed by atoms with Crippen LogP contribution in [0.25, 0.3) is 11.0 Å². The van der Waals surface area contributed by atoms with Crippen molar-refractivity contribution in [2.45, 2.75) is 38.1 Å². The first-order valence-electron chi connectivity index (χ1n) is 10.6. The van der Waals surface area contributed by atoms with Crippen LogP contribution in [0.1, 0.15) is 37.9 Å². The van der Waals surface area contributed by atoms with Crippen LogP contribution in [0.5, 0.6) is 0 Å². The fraction of sp³-hybridized carbons (Fsp3) is 0.571. The molecule has 0 radical (unpaired) electrons. The SMILES string of the molecule is C[C@@H]1CCN(C(=O)CC#N)C[C@@H]1N(C)c1nc(C2CCNC2)nc2c1ccn2C(=O)O. The number of aromatic nitrogens is 3. The minimum Gasteiger partial charge on any atom is -0.464 e. The molecular formula is C21H27N7O3. The number of amides is 1. The molecule has 10 nitrogen and oxygen atoms in total. The second kappa shape index (κ2) is 8.51. The van der Waals surface area contributed by atoms with Gasteiger partial charge in [0.25, 0.3) is 0 Å². The smallest absolute Gasteiger partial charge is 0.417 e. The number of likely N-dealkylation sites (N-methyl/N-ethyl adjacent to an activating group) is 1. The second-order valence-corrected chi connectivity index (χ2v) is 8.42. The Balaban J connectivity index is 1.74. The van der Waals surface area contributed by atoms with Gasteiger partial charge in [0.2, 0.25) is 5.91 Å². The zero-order chi connectivity index (χ0) is 22.1. The third-order valence-electron chi connectivity index (χ3n) is 6.51. The highest BCUT2D eigenvalue weighted by Crippen LogP contribution is 2.32. The largest absolute Gasteiger partial charge is 0.464 e. The summed E-state index contributed by atoms with van der Waals surface area (Å²) in [5.74, 6) is 1.60. The van der Waals surface area contributed by atoms with Crippen molar-refractivity contribution in [3.8, 4) is 6.07 Å². The quantitative estimate of drug-likeness (QED) is 0.756. The van der Waals surface area contributed by atoms with Gasteiger partial charge in [0.1, 0.15) is 18.1 Å². The molecule has 0 spiro atoms. The summed E-state index contributed by atoms with van der Waals surface area (Å²) in [6.45, 7) is 4.94. The number of carboxylic acid groups (broad SMARTS) is 1. The molecule has 2 fully saturated rings. The summed E-state index contributed by atoms with van der Waals surface area (Å²) in [5.41, 5.74) is 0.382. The van der Waals surface area contributed by atoms with Crippen LogP contribution in [0.3, 0.4) is 0 Å². The van der Waals surface area contributed by atoms with E-state index in [0.29, 0.717) is 41.7 Å². The first-order valence-corrected chi connectivity index (χ1v) is 10.6. The third kappa shape index (κ3) is 3.93. The van der Waals surface area contributed by atoms with E-state index in [4.69, 9.17) is 10.2 Å². The molecule has 0 saturated carbocycles. The summed E-state index contributed by atoms with van der Waals surface area (Å²) in [7, 11) is 1.94. The number of likely N-dealkylation sites (tertiary alicyclic amines) is 1. The molecule has 0 aliphatic carbocycles. The highest BCUT2D eigenvalue weighted by molar-refractivity contribution is 5.93. The van der Waals surface area contributed by atoms with Gasteiger partial charge in [-0.2, -0.15) is 5.26 Å². The summed E-state index contributed by atoms with van der Waals surface area (Å²) < 4.78 is 1.13. The van der Waals surface area contributed by atoms with Crippen molar-refractivity contribution in [2.24, 2.45) is 5.92 Å². The van der Waals surface area contributed by atoms with Gasteiger partial charge in [-0.1, -0.05) is 6.92 Å². The summed E-state index contributed by atoms with van der Waals surface area (Å²) in [5, 5.41) is 22.5. The van der Waals surface area contributed by atoms with Crippen LogP contribution < -0.4 is 10.2 Å². The Kier molecular flexibility index (Phi) is 5.78. The number of hydrogen-bond acceptors (Lipinski definition) is 7. The molecule has 2 N–H and O–H groups in total. The van der Waals surface area contributed by atoms with Crippen molar-refractivity contribution >= 4 is 28.9 Å². The number of anilines is 1. The van der Waals surface area contributed by atoms with Crippen molar-refractivity contribution in [2.75, 3.05) is 38.1 Å². The Labute approximate surface area is 180 Å². The molecule has 1 unspecified atom stereocenters. The maximum Gasteiger partial charge on any atom is 0.417 e. The summed E-state index contributed by atoms with van der Waals surface area (Å²) in [4.78, 5) is 37.3. The number of nitrogens with zero attached hydrogens (tertiary/aromatic N) is 6. The van der Waals surface area contributed by atoms with Gasteiger partial charge in [0.05, 0.1) is 17.5 Å². The minimum atomic E-state index is -1.09. The number of nitrogens with one attached hydrogen (secondary N) is 1. The zero-order valence-corrected chi connectivity index (χ0v) is 17.8. The molecule has 164 valence electrons. The van der Waals surface area contributed by atoms with E-state index < -0.39 is 6.09 Å². The van der Waals surface area contributed by atoms with E-state index in [1.165, 1.54) is 6.20 Å². The first kappa shape index (κ1) is 21.1. The van der Waals surface area contributed by atoms with E-state index in [1.807, 2.05) is 13.1 Å². The topological polar surface area (TPSA) is 127 Å². The van der Waals surface area contributed by atoms with Gasteiger partial charge in [0, 0.05) is 38.8 Å². The van der Waals surface area contributed by atoms with Crippen LogP contribution in [-0.4, -0.2) is 75.8 Å². The highest BCUT2D eigenvalue weighted by Gasteiger charge is 2.33. The average molecular weight is 425 g/mol. The van der Waals surface area contributed by atoms with E-state index >= 15 is 0 Å². The number of carbonyl (C=O) groups excluding carboxylic acids is 1. The fourth-order valence-corrected chi connectivity index (χ4v) is 4.61. The number of hydrogen-bond donors (Lipinski definition) is 2.